The summed E-state index contributed by atoms with van der Waals surface area (Å²) in [6, 6.07) is 1.94. The number of rotatable bonds is 9. The molecule has 0 amide bonds. The van der Waals surface area contributed by atoms with Crippen LogP contribution < -0.4 is 10.2 Å². The molecule has 0 fully saturated rings. The smallest absolute Gasteiger partial charge is 0.133 e. The highest BCUT2D eigenvalue weighted by Crippen LogP contribution is 2.12. The van der Waals surface area contributed by atoms with E-state index in [2.05, 4.69) is 34.3 Å². The lowest BCUT2D eigenvalue weighted by atomic mass is 10.3. The minimum absolute atomic E-state index is 0.199. The van der Waals surface area contributed by atoms with Crippen molar-refractivity contribution in [3.63, 3.8) is 0 Å². The SMILES string of the molecule is CN(C)CCCNc1cc(N(C)CCCO)ncn1. The molecular weight excluding hydrogens is 242 g/mol. The van der Waals surface area contributed by atoms with Crippen LogP contribution in [-0.2, 0) is 0 Å². The third kappa shape index (κ3) is 6.35. The van der Waals surface area contributed by atoms with E-state index < -0.39 is 0 Å². The van der Waals surface area contributed by atoms with Gasteiger partial charge in [0.15, 0.2) is 0 Å². The van der Waals surface area contributed by atoms with E-state index in [0.717, 1.165) is 44.1 Å². The van der Waals surface area contributed by atoms with Crippen molar-refractivity contribution >= 4 is 11.6 Å². The summed E-state index contributed by atoms with van der Waals surface area (Å²) in [5.41, 5.74) is 0. The molecule has 0 aliphatic heterocycles. The molecule has 0 aromatic carbocycles. The Morgan fingerprint density at radius 2 is 1.95 bits per heavy atom. The molecule has 1 rings (SSSR count). The van der Waals surface area contributed by atoms with E-state index in [1.165, 1.54) is 0 Å². The zero-order valence-electron chi connectivity index (χ0n) is 12.1. The largest absolute Gasteiger partial charge is 0.396 e. The van der Waals surface area contributed by atoms with E-state index in [9.17, 15) is 0 Å². The number of aliphatic hydroxyl groups excluding tert-OH is 1. The van der Waals surface area contributed by atoms with Crippen LogP contribution in [0.15, 0.2) is 12.4 Å². The molecule has 2 N–H and O–H groups in total. The number of anilines is 2. The molecule has 0 bridgehead atoms. The molecule has 0 spiro atoms. The van der Waals surface area contributed by atoms with Crippen LogP contribution in [0.3, 0.4) is 0 Å². The average Bonchev–Trinajstić information content (AvgIpc) is 2.41. The molecule has 1 aromatic heterocycles. The Balaban J connectivity index is 2.43. The lowest BCUT2D eigenvalue weighted by molar-refractivity contribution is 0.290. The normalized spacial score (nSPS) is 10.8. The average molecular weight is 267 g/mol. The topological polar surface area (TPSA) is 64.5 Å². The van der Waals surface area contributed by atoms with Crippen molar-refractivity contribution in [3.05, 3.63) is 12.4 Å². The summed E-state index contributed by atoms with van der Waals surface area (Å²) in [7, 11) is 6.10. The maximum Gasteiger partial charge on any atom is 0.133 e. The van der Waals surface area contributed by atoms with Gasteiger partial charge in [0, 0.05) is 32.8 Å². The maximum atomic E-state index is 8.83. The van der Waals surface area contributed by atoms with E-state index in [4.69, 9.17) is 5.11 Å². The molecule has 19 heavy (non-hydrogen) atoms. The van der Waals surface area contributed by atoms with Crippen molar-refractivity contribution in [1.82, 2.24) is 14.9 Å². The number of aromatic nitrogens is 2. The standard InChI is InChI=1S/C13H25N5O/c1-17(2)7-4-6-14-12-10-13(16-11-15-12)18(3)8-5-9-19/h10-11,19H,4-9H2,1-3H3,(H,14,15,16). The number of nitrogens with one attached hydrogen (secondary N) is 1. The molecule has 6 nitrogen and oxygen atoms in total. The van der Waals surface area contributed by atoms with E-state index >= 15 is 0 Å². The first-order valence-corrected chi connectivity index (χ1v) is 6.66. The van der Waals surface area contributed by atoms with Gasteiger partial charge in [0.2, 0.25) is 0 Å². The van der Waals surface area contributed by atoms with Gasteiger partial charge in [-0.3, -0.25) is 0 Å². The zero-order chi connectivity index (χ0) is 14.1. The summed E-state index contributed by atoms with van der Waals surface area (Å²) >= 11 is 0. The van der Waals surface area contributed by atoms with E-state index in [1.807, 2.05) is 18.0 Å². The first-order chi connectivity index (χ1) is 9.13. The third-order valence-corrected chi connectivity index (χ3v) is 2.78. The van der Waals surface area contributed by atoms with Gasteiger partial charge in [-0.05, 0) is 33.5 Å². The molecule has 0 unspecified atom stereocenters. The Labute approximate surface area is 115 Å². The number of nitrogens with zero attached hydrogens (tertiary/aromatic N) is 4. The molecule has 0 saturated carbocycles. The Hall–Kier alpha value is -1.40. The monoisotopic (exact) mass is 267 g/mol. The van der Waals surface area contributed by atoms with Crippen LogP contribution in [0.1, 0.15) is 12.8 Å². The van der Waals surface area contributed by atoms with Crippen LogP contribution in [0.2, 0.25) is 0 Å². The van der Waals surface area contributed by atoms with E-state index in [0.29, 0.717) is 0 Å². The molecule has 0 aliphatic rings. The molecular formula is C13H25N5O. The summed E-state index contributed by atoms with van der Waals surface area (Å²) in [5.74, 6) is 1.72. The van der Waals surface area contributed by atoms with Crippen LogP contribution in [0.25, 0.3) is 0 Å². The minimum atomic E-state index is 0.199. The molecule has 0 aliphatic carbocycles. The van der Waals surface area contributed by atoms with E-state index in [1.54, 1.807) is 6.33 Å². The lowest BCUT2D eigenvalue weighted by Gasteiger charge is -2.18. The summed E-state index contributed by atoms with van der Waals surface area (Å²) in [4.78, 5) is 12.6. The second-order valence-corrected chi connectivity index (χ2v) is 4.84. The van der Waals surface area contributed by atoms with Gasteiger partial charge in [-0.25, -0.2) is 9.97 Å². The number of aliphatic hydroxyl groups is 1. The molecule has 0 saturated heterocycles. The predicted octanol–water partition coefficient (Wildman–Crippen LogP) is 0.659. The highest BCUT2D eigenvalue weighted by molar-refractivity contribution is 5.47. The fraction of sp³-hybridized carbons (Fsp3) is 0.692. The quantitative estimate of drug-likeness (QED) is 0.641. The summed E-state index contributed by atoms with van der Waals surface area (Å²) in [6.45, 7) is 2.94. The molecule has 108 valence electrons. The van der Waals surface area contributed by atoms with Crippen LogP contribution in [-0.4, -0.2) is 67.4 Å². The highest BCUT2D eigenvalue weighted by atomic mass is 16.3. The van der Waals surface area contributed by atoms with Crippen LogP contribution in [0.5, 0.6) is 0 Å². The van der Waals surface area contributed by atoms with Crippen molar-refractivity contribution in [2.75, 3.05) is 57.6 Å². The summed E-state index contributed by atoms with van der Waals surface area (Å²) < 4.78 is 0. The Morgan fingerprint density at radius 1 is 1.16 bits per heavy atom. The Kier molecular flexibility index (Phi) is 7.14. The molecule has 1 aromatic rings. The number of hydrogen-bond donors (Lipinski definition) is 2. The summed E-state index contributed by atoms with van der Waals surface area (Å²) in [5, 5.41) is 12.1. The maximum absolute atomic E-state index is 8.83. The van der Waals surface area contributed by atoms with Gasteiger partial charge in [-0.15, -0.1) is 0 Å². The van der Waals surface area contributed by atoms with Gasteiger partial charge in [-0.1, -0.05) is 0 Å². The van der Waals surface area contributed by atoms with Crippen molar-refractivity contribution in [2.45, 2.75) is 12.8 Å². The van der Waals surface area contributed by atoms with Crippen LogP contribution >= 0.6 is 0 Å². The Morgan fingerprint density at radius 3 is 2.63 bits per heavy atom. The zero-order valence-corrected chi connectivity index (χ0v) is 12.1. The lowest BCUT2D eigenvalue weighted by Crippen LogP contribution is -2.21. The fourth-order valence-electron chi connectivity index (χ4n) is 1.69. The minimum Gasteiger partial charge on any atom is -0.396 e. The highest BCUT2D eigenvalue weighted by Gasteiger charge is 2.03. The molecule has 1 heterocycles. The van der Waals surface area contributed by atoms with Gasteiger partial charge in [0.1, 0.15) is 18.0 Å². The molecule has 0 radical (unpaired) electrons. The van der Waals surface area contributed by atoms with E-state index in [-0.39, 0.29) is 6.61 Å². The Bertz CT molecular complexity index is 359. The van der Waals surface area contributed by atoms with Crippen LogP contribution in [0, 0.1) is 0 Å². The van der Waals surface area contributed by atoms with Crippen molar-refractivity contribution in [1.29, 1.82) is 0 Å². The van der Waals surface area contributed by atoms with Crippen LogP contribution in [0.4, 0.5) is 11.6 Å². The van der Waals surface area contributed by atoms with Gasteiger partial charge < -0.3 is 20.2 Å². The third-order valence-electron chi connectivity index (χ3n) is 2.78. The van der Waals surface area contributed by atoms with Crippen molar-refractivity contribution in [2.24, 2.45) is 0 Å². The van der Waals surface area contributed by atoms with Gasteiger partial charge in [0.25, 0.3) is 0 Å². The van der Waals surface area contributed by atoms with Crippen molar-refractivity contribution < 1.29 is 5.11 Å². The second-order valence-electron chi connectivity index (χ2n) is 4.84. The first-order valence-electron chi connectivity index (χ1n) is 6.66. The summed E-state index contributed by atoms with van der Waals surface area (Å²) in [6.07, 6.45) is 3.39. The predicted molar refractivity (Wildman–Crippen MR) is 78.7 cm³/mol. The molecule has 6 heteroatoms. The van der Waals surface area contributed by atoms with Gasteiger partial charge in [-0.2, -0.15) is 0 Å². The number of hydrogen-bond acceptors (Lipinski definition) is 6. The first kappa shape index (κ1) is 15.7. The van der Waals surface area contributed by atoms with Crippen molar-refractivity contribution in [3.8, 4) is 0 Å². The fourth-order valence-corrected chi connectivity index (χ4v) is 1.69. The van der Waals surface area contributed by atoms with Gasteiger partial charge >= 0.3 is 0 Å². The second kappa shape index (κ2) is 8.66. The molecule has 0 atom stereocenters. The van der Waals surface area contributed by atoms with Gasteiger partial charge in [0.05, 0.1) is 0 Å².